The van der Waals surface area contributed by atoms with E-state index in [0.29, 0.717) is 12.1 Å². The lowest BCUT2D eigenvalue weighted by Gasteiger charge is -2.38. The average Bonchev–Trinajstić information content (AvgIpc) is 2.40. The van der Waals surface area contributed by atoms with Crippen LogP contribution in [0.2, 0.25) is 0 Å². The minimum atomic E-state index is -0.117. The number of fused-ring (bicyclic) bond motifs is 1. The van der Waals surface area contributed by atoms with E-state index in [0.717, 1.165) is 19.4 Å². The van der Waals surface area contributed by atoms with Crippen molar-refractivity contribution in [3.8, 4) is 6.07 Å². The number of benzene rings is 1. The van der Waals surface area contributed by atoms with Crippen molar-refractivity contribution in [1.82, 2.24) is 5.32 Å². The van der Waals surface area contributed by atoms with E-state index in [-0.39, 0.29) is 6.04 Å². The Kier molecular flexibility index (Phi) is 4.44. The molecule has 0 spiro atoms. The monoisotopic (exact) mass is 257 g/mol. The first-order valence-corrected chi connectivity index (χ1v) is 7.12. The molecular formula is C16H23N3. The Bertz CT molecular complexity index is 461. The number of aryl methyl sites for hydroxylation is 1. The largest absolute Gasteiger partial charge is 0.366 e. The summed E-state index contributed by atoms with van der Waals surface area (Å²) in [4.78, 5) is 2.38. The zero-order valence-corrected chi connectivity index (χ0v) is 12.1. The highest BCUT2D eigenvalue weighted by atomic mass is 15.2. The number of anilines is 1. The Balaban J connectivity index is 2.17. The Morgan fingerprint density at radius 2 is 2.16 bits per heavy atom. The van der Waals surface area contributed by atoms with E-state index < -0.39 is 0 Å². The quantitative estimate of drug-likeness (QED) is 0.901. The molecule has 3 nitrogen and oxygen atoms in total. The van der Waals surface area contributed by atoms with E-state index >= 15 is 0 Å². The van der Waals surface area contributed by atoms with Gasteiger partial charge in [0.25, 0.3) is 0 Å². The fraction of sp³-hybridized carbons (Fsp3) is 0.562. The highest BCUT2D eigenvalue weighted by Crippen LogP contribution is 2.30. The minimum Gasteiger partial charge on any atom is -0.366 e. The number of nitrogens with zero attached hydrogens (tertiary/aromatic N) is 2. The zero-order chi connectivity index (χ0) is 13.8. The van der Waals surface area contributed by atoms with Gasteiger partial charge in [0, 0.05) is 24.3 Å². The fourth-order valence-electron chi connectivity index (χ4n) is 2.77. The molecule has 1 heterocycles. The molecule has 0 amide bonds. The number of nitrogens with one attached hydrogen (secondary N) is 1. The fourth-order valence-corrected chi connectivity index (χ4v) is 2.77. The molecule has 1 aliphatic heterocycles. The summed E-state index contributed by atoms with van der Waals surface area (Å²) >= 11 is 0. The SMILES string of the molecule is CC(C)NC(C#N)CN1c2ccccc2CCC1C. The van der Waals surface area contributed by atoms with Crippen LogP contribution in [0.5, 0.6) is 0 Å². The van der Waals surface area contributed by atoms with Crippen molar-refractivity contribution in [1.29, 1.82) is 5.26 Å². The number of hydrogen-bond donors (Lipinski definition) is 1. The van der Waals surface area contributed by atoms with Crippen molar-refractivity contribution in [2.75, 3.05) is 11.4 Å². The van der Waals surface area contributed by atoms with Crippen LogP contribution in [0.25, 0.3) is 0 Å². The maximum absolute atomic E-state index is 9.30. The van der Waals surface area contributed by atoms with E-state index in [1.807, 2.05) is 0 Å². The molecule has 1 aliphatic rings. The van der Waals surface area contributed by atoms with Crippen LogP contribution < -0.4 is 10.2 Å². The molecular weight excluding hydrogens is 234 g/mol. The highest BCUT2D eigenvalue weighted by Gasteiger charge is 2.25. The third kappa shape index (κ3) is 3.27. The molecule has 0 fully saturated rings. The minimum absolute atomic E-state index is 0.117. The lowest BCUT2D eigenvalue weighted by atomic mass is 9.96. The van der Waals surface area contributed by atoms with Gasteiger partial charge in [-0.2, -0.15) is 5.26 Å². The van der Waals surface area contributed by atoms with E-state index in [2.05, 4.69) is 61.3 Å². The van der Waals surface area contributed by atoms with Crippen molar-refractivity contribution >= 4 is 5.69 Å². The van der Waals surface area contributed by atoms with Crippen molar-refractivity contribution < 1.29 is 0 Å². The lowest BCUT2D eigenvalue weighted by Crippen LogP contribution is -2.47. The van der Waals surface area contributed by atoms with Gasteiger partial charge < -0.3 is 4.90 Å². The van der Waals surface area contributed by atoms with Crippen molar-refractivity contribution in [2.24, 2.45) is 0 Å². The van der Waals surface area contributed by atoms with Gasteiger partial charge in [0.2, 0.25) is 0 Å². The third-order valence-corrected chi connectivity index (χ3v) is 3.73. The maximum Gasteiger partial charge on any atom is 0.113 e. The number of rotatable bonds is 4. The predicted molar refractivity (Wildman–Crippen MR) is 79.2 cm³/mol. The second kappa shape index (κ2) is 6.08. The second-order valence-corrected chi connectivity index (χ2v) is 5.67. The number of para-hydroxylation sites is 1. The van der Waals surface area contributed by atoms with Crippen LogP contribution in [0.15, 0.2) is 24.3 Å². The molecule has 102 valence electrons. The van der Waals surface area contributed by atoms with Crippen LogP contribution in [0, 0.1) is 11.3 Å². The number of hydrogen-bond acceptors (Lipinski definition) is 3. The summed E-state index contributed by atoms with van der Waals surface area (Å²) in [6.45, 7) is 7.17. The molecule has 1 aromatic rings. The van der Waals surface area contributed by atoms with Gasteiger partial charge in [-0.3, -0.25) is 5.32 Å². The summed E-state index contributed by atoms with van der Waals surface area (Å²) in [5.41, 5.74) is 2.70. The van der Waals surface area contributed by atoms with Gasteiger partial charge in [0.1, 0.15) is 6.04 Å². The molecule has 0 aromatic heterocycles. The molecule has 2 unspecified atom stereocenters. The first-order valence-electron chi connectivity index (χ1n) is 7.12. The summed E-state index contributed by atoms with van der Waals surface area (Å²) in [6, 6.07) is 11.7. The topological polar surface area (TPSA) is 39.1 Å². The molecule has 2 atom stereocenters. The smallest absolute Gasteiger partial charge is 0.113 e. The molecule has 1 N–H and O–H groups in total. The molecule has 0 saturated heterocycles. The summed E-state index contributed by atoms with van der Waals surface area (Å²) in [6.07, 6.45) is 2.31. The van der Waals surface area contributed by atoms with Crippen LogP contribution >= 0.6 is 0 Å². The standard InChI is InChI=1S/C16H23N3/c1-12(2)18-15(10-17)11-19-13(3)8-9-14-6-4-5-7-16(14)19/h4-7,12-13,15,18H,8-9,11H2,1-3H3. The zero-order valence-electron chi connectivity index (χ0n) is 12.1. The lowest BCUT2D eigenvalue weighted by molar-refractivity contribution is 0.484. The van der Waals surface area contributed by atoms with Gasteiger partial charge in [0.15, 0.2) is 0 Å². The summed E-state index contributed by atoms with van der Waals surface area (Å²) in [5, 5.41) is 12.6. The van der Waals surface area contributed by atoms with Crippen LogP contribution in [0.4, 0.5) is 5.69 Å². The molecule has 19 heavy (non-hydrogen) atoms. The van der Waals surface area contributed by atoms with Gasteiger partial charge in [-0.05, 0) is 45.2 Å². The number of nitriles is 1. The summed E-state index contributed by atoms with van der Waals surface area (Å²) in [7, 11) is 0. The predicted octanol–water partition coefficient (Wildman–Crippen LogP) is 2.72. The Morgan fingerprint density at radius 3 is 2.84 bits per heavy atom. The molecule has 0 radical (unpaired) electrons. The first-order chi connectivity index (χ1) is 9.11. The highest BCUT2D eigenvalue weighted by molar-refractivity contribution is 5.56. The van der Waals surface area contributed by atoms with Crippen molar-refractivity contribution in [3.05, 3.63) is 29.8 Å². The van der Waals surface area contributed by atoms with Gasteiger partial charge in [-0.15, -0.1) is 0 Å². The van der Waals surface area contributed by atoms with Crippen LogP contribution in [-0.4, -0.2) is 24.7 Å². The van der Waals surface area contributed by atoms with Gasteiger partial charge in [0.05, 0.1) is 6.07 Å². The van der Waals surface area contributed by atoms with Crippen LogP contribution in [0.3, 0.4) is 0 Å². The van der Waals surface area contributed by atoms with Crippen molar-refractivity contribution in [2.45, 2.75) is 51.7 Å². The molecule has 0 aliphatic carbocycles. The molecule has 0 bridgehead atoms. The van der Waals surface area contributed by atoms with E-state index in [1.165, 1.54) is 11.3 Å². The molecule has 0 saturated carbocycles. The second-order valence-electron chi connectivity index (χ2n) is 5.67. The molecule has 3 heteroatoms. The van der Waals surface area contributed by atoms with E-state index in [1.54, 1.807) is 0 Å². The summed E-state index contributed by atoms with van der Waals surface area (Å²) < 4.78 is 0. The Hall–Kier alpha value is -1.53. The Morgan fingerprint density at radius 1 is 1.42 bits per heavy atom. The first kappa shape index (κ1) is 13.9. The van der Waals surface area contributed by atoms with Gasteiger partial charge in [-0.25, -0.2) is 0 Å². The van der Waals surface area contributed by atoms with Gasteiger partial charge in [-0.1, -0.05) is 18.2 Å². The van der Waals surface area contributed by atoms with E-state index in [4.69, 9.17) is 0 Å². The summed E-state index contributed by atoms with van der Waals surface area (Å²) in [5.74, 6) is 0. The van der Waals surface area contributed by atoms with Crippen LogP contribution in [-0.2, 0) is 6.42 Å². The normalized spacial score (nSPS) is 19.9. The van der Waals surface area contributed by atoms with Gasteiger partial charge >= 0.3 is 0 Å². The molecule has 1 aromatic carbocycles. The third-order valence-electron chi connectivity index (χ3n) is 3.73. The van der Waals surface area contributed by atoms with Crippen LogP contribution in [0.1, 0.15) is 32.8 Å². The maximum atomic E-state index is 9.30. The Labute approximate surface area is 116 Å². The molecule has 2 rings (SSSR count). The van der Waals surface area contributed by atoms with Crippen molar-refractivity contribution in [3.63, 3.8) is 0 Å². The average molecular weight is 257 g/mol. The van der Waals surface area contributed by atoms with E-state index in [9.17, 15) is 5.26 Å².